The van der Waals surface area contributed by atoms with Crippen LogP contribution >= 0.6 is 23.7 Å². The van der Waals surface area contributed by atoms with Crippen molar-refractivity contribution in [1.82, 2.24) is 9.62 Å². The van der Waals surface area contributed by atoms with Gasteiger partial charge in [0.1, 0.15) is 8.42 Å². The lowest BCUT2D eigenvalue weighted by Crippen LogP contribution is -2.44. The maximum absolute atomic E-state index is 13.0. The Morgan fingerprint density at radius 3 is 2.54 bits per heavy atom. The van der Waals surface area contributed by atoms with E-state index < -0.39 is 26.2 Å². The van der Waals surface area contributed by atoms with Gasteiger partial charge in [0.25, 0.3) is 10.0 Å². The molecule has 2 rings (SSSR count). The second-order valence-corrected chi connectivity index (χ2v) is 12.4. The average Bonchev–Trinajstić information content (AvgIpc) is 2.98. The fourth-order valence-electron chi connectivity index (χ4n) is 2.96. The van der Waals surface area contributed by atoms with Crippen molar-refractivity contribution in [2.24, 2.45) is 11.1 Å². The third-order valence-electron chi connectivity index (χ3n) is 4.37. The minimum atomic E-state index is -3.97. The van der Waals surface area contributed by atoms with Crippen molar-refractivity contribution in [3.05, 3.63) is 11.6 Å². The zero-order valence-corrected chi connectivity index (χ0v) is 19.6. The molecule has 0 amide bonds. The number of sulfonamides is 2. The molecular weight excluding hydrogens is 446 g/mol. The van der Waals surface area contributed by atoms with E-state index in [9.17, 15) is 21.9 Å². The summed E-state index contributed by atoms with van der Waals surface area (Å²) in [6.45, 7) is 7.06. The van der Waals surface area contributed by atoms with Gasteiger partial charge in [-0.3, -0.25) is 0 Å². The van der Waals surface area contributed by atoms with Crippen molar-refractivity contribution < 1.29 is 21.9 Å². The molecule has 0 bridgehead atoms. The van der Waals surface area contributed by atoms with Crippen LogP contribution in [0, 0.1) is 5.92 Å². The molecule has 1 aliphatic heterocycles. The molecule has 0 aromatic carbocycles. The van der Waals surface area contributed by atoms with E-state index in [0.29, 0.717) is 55.2 Å². The van der Waals surface area contributed by atoms with E-state index in [1.807, 2.05) is 13.8 Å². The molecule has 0 saturated heterocycles. The van der Waals surface area contributed by atoms with Crippen LogP contribution < -0.4 is 10.5 Å². The molecule has 2 atom stereocenters. The molecular formula is C16H30ClN3O5S3. The SMILES string of the molecule is CC(C)CNC1CN(CCCCC(C)O)S(=O)(=O)c2sc(S(N)(=O)=O)cc21.Cl. The molecule has 1 aromatic rings. The Labute approximate surface area is 178 Å². The first kappa shape index (κ1) is 25.8. The fraction of sp³-hybridized carbons (Fsp3) is 0.750. The lowest BCUT2D eigenvalue weighted by atomic mass is 10.1. The monoisotopic (exact) mass is 475 g/mol. The van der Waals surface area contributed by atoms with Crippen molar-refractivity contribution in [2.45, 2.75) is 60.6 Å². The van der Waals surface area contributed by atoms with Gasteiger partial charge in [0, 0.05) is 24.7 Å². The normalized spacial score (nSPS) is 20.6. The second kappa shape index (κ2) is 10.2. The van der Waals surface area contributed by atoms with Crippen LogP contribution in [0.25, 0.3) is 0 Å². The molecule has 1 aromatic heterocycles. The molecule has 12 heteroatoms. The van der Waals surface area contributed by atoms with E-state index in [-0.39, 0.29) is 33.4 Å². The Balaban J connectivity index is 0.00000392. The number of hydrogen-bond donors (Lipinski definition) is 3. The van der Waals surface area contributed by atoms with Crippen LogP contribution in [0.4, 0.5) is 0 Å². The molecule has 0 aliphatic carbocycles. The molecule has 28 heavy (non-hydrogen) atoms. The van der Waals surface area contributed by atoms with Crippen molar-refractivity contribution in [1.29, 1.82) is 0 Å². The first-order valence-electron chi connectivity index (χ1n) is 9.01. The van der Waals surface area contributed by atoms with Crippen LogP contribution in [0.15, 0.2) is 14.5 Å². The first-order chi connectivity index (χ1) is 12.4. The van der Waals surface area contributed by atoms with E-state index >= 15 is 0 Å². The van der Waals surface area contributed by atoms with Gasteiger partial charge < -0.3 is 10.4 Å². The highest BCUT2D eigenvalue weighted by atomic mass is 35.5. The Kier molecular flexibility index (Phi) is 9.35. The zero-order valence-electron chi connectivity index (χ0n) is 16.3. The summed E-state index contributed by atoms with van der Waals surface area (Å²) in [7, 11) is -7.73. The molecule has 0 spiro atoms. The molecule has 164 valence electrons. The summed E-state index contributed by atoms with van der Waals surface area (Å²) in [6.07, 6.45) is 1.55. The van der Waals surface area contributed by atoms with Crippen LogP contribution in [0.2, 0.25) is 0 Å². The summed E-state index contributed by atoms with van der Waals surface area (Å²) < 4.78 is 50.7. The number of fused-ring (bicyclic) bond motifs is 1. The number of aliphatic hydroxyl groups excluding tert-OH is 1. The summed E-state index contributed by atoms with van der Waals surface area (Å²) in [5.74, 6) is 0.364. The number of halogens is 1. The molecule has 0 radical (unpaired) electrons. The van der Waals surface area contributed by atoms with E-state index in [0.717, 1.165) is 0 Å². The van der Waals surface area contributed by atoms with Crippen LogP contribution in [-0.4, -0.2) is 52.0 Å². The van der Waals surface area contributed by atoms with Gasteiger partial charge in [-0.15, -0.1) is 23.7 Å². The molecule has 1 aliphatic rings. The lowest BCUT2D eigenvalue weighted by Gasteiger charge is -2.33. The quantitative estimate of drug-likeness (QED) is 0.465. The number of primary sulfonamides is 1. The van der Waals surface area contributed by atoms with Crippen molar-refractivity contribution >= 4 is 43.8 Å². The zero-order chi connectivity index (χ0) is 20.4. The maximum Gasteiger partial charge on any atom is 0.252 e. The number of nitrogens with one attached hydrogen (secondary N) is 1. The number of nitrogens with two attached hydrogens (primary N) is 1. The maximum atomic E-state index is 13.0. The number of thiophene rings is 1. The minimum Gasteiger partial charge on any atom is -0.393 e. The summed E-state index contributed by atoms with van der Waals surface area (Å²) in [4.78, 5) is 0. The largest absolute Gasteiger partial charge is 0.393 e. The standard InChI is InChI=1S/C16H29N3O5S3.ClH/c1-11(2)9-18-14-10-19(7-5-4-6-12(3)20)27(23,24)16-13(14)8-15(25-16)26(17,21)22;/h8,11-12,14,18,20H,4-7,9-10H2,1-3H3,(H2,17,21,22);1H. The lowest BCUT2D eigenvalue weighted by molar-refractivity contribution is 0.179. The van der Waals surface area contributed by atoms with Crippen LogP contribution in [0.3, 0.4) is 0 Å². The van der Waals surface area contributed by atoms with Gasteiger partial charge in [-0.25, -0.2) is 22.0 Å². The third-order valence-corrected chi connectivity index (χ3v) is 9.33. The van der Waals surface area contributed by atoms with Gasteiger partial charge in [-0.1, -0.05) is 13.8 Å². The number of aliphatic hydroxyl groups is 1. The number of rotatable bonds is 9. The number of nitrogens with zero attached hydrogens (tertiary/aromatic N) is 1. The number of hydrogen-bond acceptors (Lipinski definition) is 7. The Bertz CT molecular complexity index is 853. The molecule has 2 heterocycles. The molecule has 0 fully saturated rings. The summed E-state index contributed by atoms with van der Waals surface area (Å²) in [5.41, 5.74) is 0.477. The van der Waals surface area contributed by atoms with Gasteiger partial charge in [0.2, 0.25) is 10.0 Å². The first-order valence-corrected chi connectivity index (χ1v) is 12.8. The van der Waals surface area contributed by atoms with Gasteiger partial charge in [0.05, 0.1) is 6.10 Å². The Hall–Kier alpha value is -0.270. The summed E-state index contributed by atoms with van der Waals surface area (Å²) in [6, 6.07) is 1.10. The van der Waals surface area contributed by atoms with Crippen molar-refractivity contribution in [3.63, 3.8) is 0 Å². The minimum absolute atomic E-state index is 0. The number of unbranched alkanes of at least 4 members (excludes halogenated alkanes) is 1. The highest BCUT2D eigenvalue weighted by Gasteiger charge is 2.39. The average molecular weight is 476 g/mol. The third kappa shape index (κ3) is 6.36. The smallest absolute Gasteiger partial charge is 0.252 e. The van der Waals surface area contributed by atoms with E-state index in [2.05, 4.69) is 5.32 Å². The summed E-state index contributed by atoms with van der Waals surface area (Å²) in [5, 5.41) is 17.9. The fourth-order valence-corrected chi connectivity index (χ4v) is 7.27. The van der Waals surface area contributed by atoms with Crippen molar-refractivity contribution in [2.75, 3.05) is 19.6 Å². The highest BCUT2D eigenvalue weighted by molar-refractivity contribution is 7.94. The van der Waals surface area contributed by atoms with Crippen LogP contribution in [-0.2, 0) is 20.0 Å². The Morgan fingerprint density at radius 1 is 1.36 bits per heavy atom. The molecule has 0 saturated carbocycles. The highest BCUT2D eigenvalue weighted by Crippen LogP contribution is 2.40. The molecule has 2 unspecified atom stereocenters. The van der Waals surface area contributed by atoms with Gasteiger partial charge in [-0.05, 0) is 44.7 Å². The predicted octanol–water partition coefficient (Wildman–Crippen LogP) is 1.66. The van der Waals surface area contributed by atoms with Gasteiger partial charge in [0.15, 0.2) is 0 Å². The molecule has 8 nitrogen and oxygen atoms in total. The van der Waals surface area contributed by atoms with E-state index in [4.69, 9.17) is 5.14 Å². The van der Waals surface area contributed by atoms with Gasteiger partial charge in [-0.2, -0.15) is 4.31 Å². The predicted molar refractivity (Wildman–Crippen MR) is 113 cm³/mol. The van der Waals surface area contributed by atoms with Gasteiger partial charge >= 0.3 is 0 Å². The summed E-state index contributed by atoms with van der Waals surface area (Å²) >= 11 is 0.712. The van der Waals surface area contributed by atoms with Crippen LogP contribution in [0.5, 0.6) is 0 Å². The second-order valence-electron chi connectivity index (χ2n) is 7.42. The van der Waals surface area contributed by atoms with Crippen LogP contribution in [0.1, 0.15) is 51.6 Å². The van der Waals surface area contributed by atoms with E-state index in [1.54, 1.807) is 6.92 Å². The van der Waals surface area contributed by atoms with E-state index in [1.165, 1.54) is 10.4 Å². The Morgan fingerprint density at radius 2 is 2.00 bits per heavy atom. The molecule has 4 N–H and O–H groups in total. The topological polar surface area (TPSA) is 130 Å². The van der Waals surface area contributed by atoms with Crippen molar-refractivity contribution in [3.8, 4) is 0 Å².